The lowest BCUT2D eigenvalue weighted by Crippen LogP contribution is -2.59. The third-order valence-electron chi connectivity index (χ3n) is 11.7. The summed E-state index contributed by atoms with van der Waals surface area (Å²) in [5.74, 6) is -0.330. The quantitative estimate of drug-likeness (QED) is 0.0268. The zero-order valence-corrected chi connectivity index (χ0v) is 40.3. The number of rotatable bonds is 44. The van der Waals surface area contributed by atoms with Crippen molar-refractivity contribution in [3.8, 4) is 0 Å². The van der Waals surface area contributed by atoms with Gasteiger partial charge in [-0.25, -0.2) is 0 Å². The van der Waals surface area contributed by atoms with Gasteiger partial charge in [-0.1, -0.05) is 209 Å². The molecule has 1 aliphatic rings. The Hall–Kier alpha value is -2.11. The maximum absolute atomic E-state index is 12.8. The summed E-state index contributed by atoms with van der Waals surface area (Å²) in [7, 11) is 0. The minimum absolute atomic E-state index is 0.122. The van der Waals surface area contributed by atoms with E-state index in [2.05, 4.69) is 74.6 Å². The first kappa shape index (κ1) is 58.9. The Kier molecular flexibility index (Phi) is 42.1. The average Bonchev–Trinajstić information content (AvgIpc) is 3.28. The molecule has 0 radical (unpaired) electrons. The Balaban J connectivity index is 2.22. The molecule has 1 fully saturated rings. The second-order valence-corrected chi connectivity index (χ2v) is 17.6. The van der Waals surface area contributed by atoms with Gasteiger partial charge in [0, 0.05) is 13.0 Å². The molecular formula is C54H96O9. The molecule has 0 aromatic heterocycles. The smallest absolute Gasteiger partial charge is 0.306 e. The molecule has 0 aliphatic carbocycles. The van der Waals surface area contributed by atoms with E-state index in [1.54, 1.807) is 0 Å². The van der Waals surface area contributed by atoms with Gasteiger partial charge in [-0.15, -0.1) is 0 Å². The summed E-state index contributed by atoms with van der Waals surface area (Å²) in [6.45, 7) is 4.45. The first-order chi connectivity index (χ1) is 30.9. The number of carbonyl (C=O) groups excluding carboxylic acids is 1. The van der Waals surface area contributed by atoms with Crippen molar-refractivity contribution < 1.29 is 44.2 Å². The maximum Gasteiger partial charge on any atom is 0.306 e. The summed E-state index contributed by atoms with van der Waals surface area (Å²) in [6.07, 6.45) is 51.1. The molecule has 63 heavy (non-hydrogen) atoms. The third kappa shape index (κ3) is 35.8. The van der Waals surface area contributed by atoms with Crippen molar-refractivity contribution in [1.82, 2.24) is 0 Å². The molecular weight excluding hydrogens is 793 g/mol. The molecule has 366 valence electrons. The molecule has 9 heteroatoms. The van der Waals surface area contributed by atoms with Gasteiger partial charge < -0.3 is 39.4 Å². The Morgan fingerprint density at radius 2 is 0.968 bits per heavy atom. The van der Waals surface area contributed by atoms with Crippen molar-refractivity contribution in [2.45, 2.75) is 250 Å². The van der Waals surface area contributed by atoms with Crippen LogP contribution in [0.4, 0.5) is 0 Å². The van der Waals surface area contributed by atoms with Crippen LogP contribution in [0.25, 0.3) is 0 Å². The fourth-order valence-corrected chi connectivity index (χ4v) is 7.70. The Morgan fingerprint density at radius 3 is 1.46 bits per heavy atom. The van der Waals surface area contributed by atoms with Crippen molar-refractivity contribution in [1.29, 1.82) is 0 Å². The van der Waals surface area contributed by atoms with E-state index < -0.39 is 43.4 Å². The average molecular weight is 889 g/mol. The van der Waals surface area contributed by atoms with E-state index in [0.717, 1.165) is 83.5 Å². The Bertz CT molecular complexity index is 1150. The van der Waals surface area contributed by atoms with Crippen LogP contribution in [0.2, 0.25) is 0 Å². The number of esters is 1. The van der Waals surface area contributed by atoms with Gasteiger partial charge in [-0.3, -0.25) is 4.79 Å². The number of unbranched alkanes of at least 4 members (excludes halogenated alkanes) is 23. The number of carbonyl (C=O) groups is 1. The van der Waals surface area contributed by atoms with E-state index in [9.17, 15) is 25.2 Å². The third-order valence-corrected chi connectivity index (χ3v) is 11.7. The molecule has 0 saturated carbocycles. The maximum atomic E-state index is 12.8. The molecule has 0 bridgehead atoms. The van der Waals surface area contributed by atoms with Gasteiger partial charge in [0.1, 0.15) is 30.5 Å². The number of aliphatic hydroxyl groups is 4. The van der Waals surface area contributed by atoms with Crippen LogP contribution in [0, 0.1) is 0 Å². The van der Waals surface area contributed by atoms with Crippen LogP contribution >= 0.6 is 0 Å². The standard InChI is InChI=1S/C54H96O9/c1-3-5-7-9-11-13-15-17-19-21-23-24-25-27-29-31-33-35-37-39-41-43-50(56)62-48(47-61-54-53(59)52(58)51(57)49(45-55)63-54)46-60-44-42-40-38-36-34-32-30-28-26-22-20-18-16-14-12-10-8-6-4-2/h5,7,11,13,17,19,23-24,27,29,48-49,51-55,57-59H,3-4,6,8-10,12,14-16,18,20-22,25-26,28,30-47H2,1-2H3/b7-5-,13-11-,19-17-,24-23-,29-27-. The molecule has 1 rings (SSSR count). The van der Waals surface area contributed by atoms with Gasteiger partial charge in [0.25, 0.3) is 0 Å². The summed E-state index contributed by atoms with van der Waals surface area (Å²) < 4.78 is 22.9. The largest absolute Gasteiger partial charge is 0.457 e. The molecule has 0 aromatic carbocycles. The van der Waals surface area contributed by atoms with Gasteiger partial charge in [0.05, 0.1) is 19.8 Å². The topological polar surface area (TPSA) is 135 Å². The predicted molar refractivity (Wildman–Crippen MR) is 261 cm³/mol. The highest BCUT2D eigenvalue weighted by atomic mass is 16.7. The van der Waals surface area contributed by atoms with E-state index in [-0.39, 0.29) is 19.2 Å². The summed E-state index contributed by atoms with van der Waals surface area (Å²) in [6, 6.07) is 0. The van der Waals surface area contributed by atoms with Gasteiger partial charge in [0.15, 0.2) is 6.29 Å². The fraction of sp³-hybridized carbons (Fsp3) is 0.796. The van der Waals surface area contributed by atoms with E-state index in [1.165, 1.54) is 109 Å². The highest BCUT2D eigenvalue weighted by Crippen LogP contribution is 2.23. The molecule has 0 spiro atoms. The number of ether oxygens (including phenoxy) is 4. The van der Waals surface area contributed by atoms with Crippen LogP contribution in [0.15, 0.2) is 60.8 Å². The van der Waals surface area contributed by atoms with Crippen molar-refractivity contribution in [2.75, 3.05) is 26.4 Å². The number of aliphatic hydroxyl groups excluding tert-OH is 4. The second-order valence-electron chi connectivity index (χ2n) is 17.6. The van der Waals surface area contributed by atoms with E-state index >= 15 is 0 Å². The minimum Gasteiger partial charge on any atom is -0.457 e. The fourth-order valence-electron chi connectivity index (χ4n) is 7.70. The lowest BCUT2D eigenvalue weighted by molar-refractivity contribution is -0.305. The van der Waals surface area contributed by atoms with E-state index in [4.69, 9.17) is 18.9 Å². The zero-order chi connectivity index (χ0) is 45.7. The molecule has 6 atom stereocenters. The molecule has 0 aromatic rings. The summed E-state index contributed by atoms with van der Waals surface area (Å²) in [5.41, 5.74) is 0. The lowest BCUT2D eigenvalue weighted by atomic mass is 9.99. The summed E-state index contributed by atoms with van der Waals surface area (Å²) in [4.78, 5) is 12.8. The van der Waals surface area contributed by atoms with E-state index in [0.29, 0.717) is 13.0 Å². The van der Waals surface area contributed by atoms with Crippen molar-refractivity contribution >= 4 is 5.97 Å². The van der Waals surface area contributed by atoms with Gasteiger partial charge in [-0.05, 0) is 57.8 Å². The Morgan fingerprint density at radius 1 is 0.524 bits per heavy atom. The second kappa shape index (κ2) is 45.1. The van der Waals surface area contributed by atoms with Crippen LogP contribution in [0.3, 0.4) is 0 Å². The Labute approximate surface area is 385 Å². The first-order valence-corrected chi connectivity index (χ1v) is 25.9. The van der Waals surface area contributed by atoms with Gasteiger partial charge in [-0.2, -0.15) is 0 Å². The van der Waals surface area contributed by atoms with Crippen molar-refractivity contribution in [3.63, 3.8) is 0 Å². The molecule has 4 N–H and O–H groups in total. The zero-order valence-electron chi connectivity index (χ0n) is 40.3. The van der Waals surface area contributed by atoms with Crippen molar-refractivity contribution in [2.24, 2.45) is 0 Å². The normalized spacial score (nSPS) is 20.1. The summed E-state index contributed by atoms with van der Waals surface area (Å²) >= 11 is 0. The molecule has 0 amide bonds. The number of hydrogen-bond acceptors (Lipinski definition) is 9. The highest BCUT2D eigenvalue weighted by molar-refractivity contribution is 5.69. The predicted octanol–water partition coefficient (Wildman–Crippen LogP) is 12.6. The van der Waals surface area contributed by atoms with Gasteiger partial charge in [0.2, 0.25) is 0 Å². The monoisotopic (exact) mass is 889 g/mol. The van der Waals surface area contributed by atoms with Crippen LogP contribution < -0.4 is 0 Å². The number of allylic oxidation sites excluding steroid dienone is 10. The number of hydrogen-bond donors (Lipinski definition) is 4. The molecule has 1 saturated heterocycles. The van der Waals surface area contributed by atoms with Gasteiger partial charge >= 0.3 is 5.97 Å². The summed E-state index contributed by atoms with van der Waals surface area (Å²) in [5, 5.41) is 40.3. The molecule has 6 unspecified atom stereocenters. The first-order valence-electron chi connectivity index (χ1n) is 25.9. The van der Waals surface area contributed by atoms with Crippen LogP contribution in [0.5, 0.6) is 0 Å². The van der Waals surface area contributed by atoms with Crippen LogP contribution in [-0.2, 0) is 23.7 Å². The SMILES string of the molecule is CC/C=C\C/C=C\C/C=C\C/C=C\C/C=C\CCCCCCCC(=O)OC(COCCCCCCCCCCCCCCCCCCCCC)COC1OC(CO)C(O)C(O)C1O. The van der Waals surface area contributed by atoms with E-state index in [1.807, 2.05) is 0 Å². The molecule has 9 nitrogen and oxygen atoms in total. The van der Waals surface area contributed by atoms with Crippen LogP contribution in [0.1, 0.15) is 213 Å². The minimum atomic E-state index is -1.54. The molecule has 1 heterocycles. The molecule has 1 aliphatic heterocycles. The highest BCUT2D eigenvalue weighted by Gasteiger charge is 2.44. The lowest BCUT2D eigenvalue weighted by Gasteiger charge is -2.39. The van der Waals surface area contributed by atoms with Crippen LogP contribution in [-0.4, -0.2) is 89.6 Å². The van der Waals surface area contributed by atoms with Crippen molar-refractivity contribution in [3.05, 3.63) is 60.8 Å².